The molecule has 1 rings (SSSR count). The zero-order chi connectivity index (χ0) is 14.1. The van der Waals surface area contributed by atoms with Crippen LogP contribution < -0.4 is 10.5 Å². The lowest BCUT2D eigenvalue weighted by molar-refractivity contribution is 0.200. The van der Waals surface area contributed by atoms with Crippen molar-refractivity contribution in [2.75, 3.05) is 6.61 Å². The fraction of sp³-hybridized carbons (Fsp3) is 0.455. The Morgan fingerprint density at radius 2 is 1.33 bits per heavy atom. The second kappa shape index (κ2) is 5.09. The first-order valence-corrected chi connectivity index (χ1v) is 5.14. The molecule has 0 fully saturated rings. The molecule has 1 unspecified atom stereocenters. The summed E-state index contributed by atoms with van der Waals surface area (Å²) in [5.41, 5.74) is 4.71. The van der Waals surface area contributed by atoms with E-state index in [0.717, 1.165) is 0 Å². The second-order valence-electron chi connectivity index (χ2n) is 4.20. The topological polar surface area (TPSA) is 35.2 Å². The third kappa shape index (κ3) is 2.72. The van der Waals surface area contributed by atoms with E-state index in [1.807, 2.05) is 0 Å². The first-order valence-electron chi connectivity index (χ1n) is 5.14. The van der Waals surface area contributed by atoms with Crippen LogP contribution in [-0.4, -0.2) is 12.1 Å². The minimum absolute atomic E-state index is 0.373. The average Bonchev–Trinajstić information content (AvgIpc) is 2.34. The van der Waals surface area contributed by atoms with E-state index in [9.17, 15) is 22.0 Å². The molecule has 18 heavy (non-hydrogen) atoms. The molecule has 7 heteroatoms. The van der Waals surface area contributed by atoms with E-state index < -0.39 is 40.4 Å². The molecule has 2 nitrogen and oxygen atoms in total. The molecule has 1 atom stereocenters. The molecule has 102 valence electrons. The zero-order valence-electron chi connectivity index (χ0n) is 9.79. The number of ether oxygens (including phenoxy) is 1. The van der Waals surface area contributed by atoms with Gasteiger partial charge in [0.1, 0.15) is 6.61 Å². The summed E-state index contributed by atoms with van der Waals surface area (Å²) in [6.07, 6.45) is 0.405. The highest BCUT2D eigenvalue weighted by atomic mass is 19.2. The molecular formula is C11H12F5NO. The van der Waals surface area contributed by atoms with Gasteiger partial charge < -0.3 is 10.5 Å². The fourth-order valence-electron chi connectivity index (χ4n) is 1.05. The average molecular weight is 269 g/mol. The van der Waals surface area contributed by atoms with E-state index in [1.165, 1.54) is 6.92 Å². The summed E-state index contributed by atoms with van der Waals surface area (Å²) in [5.74, 6) is -11.6. The van der Waals surface area contributed by atoms with Gasteiger partial charge >= 0.3 is 0 Å². The first kappa shape index (κ1) is 14.7. The summed E-state index contributed by atoms with van der Waals surface area (Å²) in [4.78, 5) is 0. The summed E-state index contributed by atoms with van der Waals surface area (Å²) in [7, 11) is 0. The molecule has 0 amide bonds. The quantitative estimate of drug-likeness (QED) is 0.518. The van der Waals surface area contributed by atoms with Gasteiger partial charge in [-0.15, -0.1) is 0 Å². The largest absolute Gasteiger partial charge is 0.486 e. The molecule has 0 aliphatic rings. The summed E-state index contributed by atoms with van der Waals surface area (Å²) in [5, 5.41) is 0. The summed E-state index contributed by atoms with van der Waals surface area (Å²) in [6.45, 7) is 2.85. The predicted octanol–water partition coefficient (Wildman–Crippen LogP) is 2.89. The molecule has 0 bridgehead atoms. The van der Waals surface area contributed by atoms with Gasteiger partial charge in [-0.3, -0.25) is 0 Å². The molecule has 0 aliphatic heterocycles. The van der Waals surface area contributed by atoms with E-state index in [0.29, 0.717) is 6.42 Å². The van der Waals surface area contributed by atoms with Crippen LogP contribution in [0.25, 0.3) is 0 Å². The van der Waals surface area contributed by atoms with E-state index in [2.05, 4.69) is 4.74 Å². The zero-order valence-corrected chi connectivity index (χ0v) is 9.79. The maximum Gasteiger partial charge on any atom is 0.206 e. The summed E-state index contributed by atoms with van der Waals surface area (Å²) >= 11 is 0. The number of rotatable bonds is 4. The van der Waals surface area contributed by atoms with Crippen LogP contribution in [0.15, 0.2) is 0 Å². The molecule has 0 saturated heterocycles. The van der Waals surface area contributed by atoms with Gasteiger partial charge in [-0.2, -0.15) is 8.78 Å². The van der Waals surface area contributed by atoms with Gasteiger partial charge in [0.05, 0.1) is 0 Å². The lowest BCUT2D eigenvalue weighted by atomic mass is 10.0. The van der Waals surface area contributed by atoms with Gasteiger partial charge in [-0.05, 0) is 13.3 Å². The molecule has 0 saturated carbocycles. The number of nitrogens with two attached hydrogens (primary N) is 1. The van der Waals surface area contributed by atoms with Crippen molar-refractivity contribution in [1.29, 1.82) is 0 Å². The van der Waals surface area contributed by atoms with Crippen molar-refractivity contribution in [3.8, 4) is 5.75 Å². The summed E-state index contributed by atoms with van der Waals surface area (Å²) < 4.78 is 69.4. The van der Waals surface area contributed by atoms with Crippen LogP contribution >= 0.6 is 0 Å². The number of halogens is 5. The van der Waals surface area contributed by atoms with Crippen molar-refractivity contribution in [2.45, 2.75) is 25.8 Å². The highest BCUT2D eigenvalue weighted by molar-refractivity contribution is 5.29. The van der Waals surface area contributed by atoms with Crippen LogP contribution in [0.2, 0.25) is 0 Å². The van der Waals surface area contributed by atoms with Crippen LogP contribution in [-0.2, 0) is 0 Å². The Balaban J connectivity index is 3.11. The molecule has 1 aromatic rings. The van der Waals surface area contributed by atoms with Gasteiger partial charge in [-0.25, -0.2) is 13.2 Å². The predicted molar refractivity (Wildman–Crippen MR) is 54.6 cm³/mol. The van der Waals surface area contributed by atoms with Crippen LogP contribution in [0, 0.1) is 29.1 Å². The highest BCUT2D eigenvalue weighted by Gasteiger charge is 2.28. The lowest BCUT2D eigenvalue weighted by Crippen LogP contribution is -2.41. The van der Waals surface area contributed by atoms with Crippen LogP contribution in [0.3, 0.4) is 0 Å². The molecule has 0 aromatic heterocycles. The first-order chi connectivity index (χ1) is 8.21. The minimum atomic E-state index is -2.22. The van der Waals surface area contributed by atoms with Gasteiger partial charge in [0.15, 0.2) is 5.75 Å². The van der Waals surface area contributed by atoms with Crippen molar-refractivity contribution >= 4 is 0 Å². The number of hydrogen-bond donors (Lipinski definition) is 1. The molecule has 2 N–H and O–H groups in total. The monoisotopic (exact) mass is 269 g/mol. The minimum Gasteiger partial charge on any atom is -0.486 e. The standard InChI is InChI=1S/C11H12F5NO/c1-3-11(2,17)4-18-10-8(15)6(13)5(12)7(14)9(10)16/h3-4,17H2,1-2H3. The highest BCUT2D eigenvalue weighted by Crippen LogP contribution is 2.29. The third-order valence-electron chi connectivity index (χ3n) is 2.52. The Labute approximate surface area is 101 Å². The molecule has 1 aromatic carbocycles. The van der Waals surface area contributed by atoms with Crippen LogP contribution in [0.4, 0.5) is 22.0 Å². The maximum absolute atomic E-state index is 13.2. The SMILES string of the molecule is CCC(C)(N)COc1c(F)c(F)c(F)c(F)c1F. The Kier molecular flexibility index (Phi) is 4.16. The molecule has 0 spiro atoms. The van der Waals surface area contributed by atoms with Crippen LogP contribution in [0.1, 0.15) is 20.3 Å². The van der Waals surface area contributed by atoms with Crippen molar-refractivity contribution in [3.63, 3.8) is 0 Å². The van der Waals surface area contributed by atoms with Gasteiger partial charge in [0, 0.05) is 5.54 Å². The van der Waals surface area contributed by atoms with Crippen molar-refractivity contribution in [3.05, 3.63) is 29.1 Å². The normalized spacial score (nSPS) is 14.4. The second-order valence-corrected chi connectivity index (χ2v) is 4.20. The molecule has 0 radical (unpaired) electrons. The molecule has 0 heterocycles. The Hall–Kier alpha value is -1.37. The van der Waals surface area contributed by atoms with E-state index in [-0.39, 0.29) is 6.61 Å². The van der Waals surface area contributed by atoms with E-state index in [1.54, 1.807) is 6.92 Å². The van der Waals surface area contributed by atoms with Crippen molar-refractivity contribution in [1.82, 2.24) is 0 Å². The molecular weight excluding hydrogens is 257 g/mol. The Morgan fingerprint density at radius 1 is 0.944 bits per heavy atom. The van der Waals surface area contributed by atoms with Crippen LogP contribution in [0.5, 0.6) is 5.75 Å². The lowest BCUT2D eigenvalue weighted by Gasteiger charge is -2.23. The van der Waals surface area contributed by atoms with E-state index in [4.69, 9.17) is 5.73 Å². The Morgan fingerprint density at radius 3 is 1.72 bits per heavy atom. The van der Waals surface area contributed by atoms with Gasteiger partial charge in [0.25, 0.3) is 0 Å². The number of benzene rings is 1. The molecule has 0 aliphatic carbocycles. The maximum atomic E-state index is 13.2. The third-order valence-corrected chi connectivity index (χ3v) is 2.52. The summed E-state index contributed by atoms with van der Waals surface area (Å²) in [6, 6.07) is 0. The van der Waals surface area contributed by atoms with E-state index >= 15 is 0 Å². The fourth-order valence-corrected chi connectivity index (χ4v) is 1.05. The van der Waals surface area contributed by atoms with Gasteiger partial charge in [-0.1, -0.05) is 6.92 Å². The number of hydrogen-bond acceptors (Lipinski definition) is 2. The van der Waals surface area contributed by atoms with Crippen molar-refractivity contribution < 1.29 is 26.7 Å². The van der Waals surface area contributed by atoms with Gasteiger partial charge in [0.2, 0.25) is 29.1 Å². The van der Waals surface area contributed by atoms with Crippen molar-refractivity contribution in [2.24, 2.45) is 5.73 Å². The Bertz CT molecular complexity index is 432. The smallest absolute Gasteiger partial charge is 0.206 e.